The monoisotopic (exact) mass is 319 g/mol. The number of methoxy groups -OCH3 is 3. The maximum atomic E-state index is 12.2. The number of aromatic amines is 1. The lowest BCUT2D eigenvalue weighted by Crippen LogP contribution is -2.15. The molecule has 0 spiro atoms. The molecule has 0 aliphatic carbocycles. The maximum absolute atomic E-state index is 12.2. The summed E-state index contributed by atoms with van der Waals surface area (Å²) in [5.74, 6) is 0.0183. The Morgan fingerprint density at radius 2 is 1.65 bits per heavy atom. The van der Waals surface area contributed by atoms with Gasteiger partial charge in [-0.2, -0.15) is 0 Å². The zero-order valence-electron chi connectivity index (χ0n) is 13.0. The van der Waals surface area contributed by atoms with E-state index in [-0.39, 0.29) is 23.7 Å². The van der Waals surface area contributed by atoms with E-state index < -0.39 is 5.97 Å². The molecule has 23 heavy (non-hydrogen) atoms. The van der Waals surface area contributed by atoms with Crippen molar-refractivity contribution in [3.8, 4) is 17.2 Å². The second-order valence-electron chi connectivity index (χ2n) is 4.49. The van der Waals surface area contributed by atoms with Crippen molar-refractivity contribution in [2.75, 3.05) is 27.9 Å². The van der Waals surface area contributed by atoms with Gasteiger partial charge in [0.2, 0.25) is 5.78 Å². The molecular formula is C16H17NO6. The van der Waals surface area contributed by atoms with Crippen LogP contribution in [0.3, 0.4) is 0 Å². The number of carbonyl (C=O) groups excluding carboxylic acids is 2. The molecule has 7 nitrogen and oxygen atoms in total. The van der Waals surface area contributed by atoms with Crippen LogP contribution in [0.1, 0.15) is 20.8 Å². The predicted molar refractivity (Wildman–Crippen MR) is 81.5 cm³/mol. The molecule has 0 radical (unpaired) electrons. The number of rotatable bonds is 7. The Morgan fingerprint density at radius 1 is 1.00 bits per heavy atom. The summed E-state index contributed by atoms with van der Waals surface area (Å²) in [7, 11) is 4.35. The number of H-pyrrole nitrogens is 1. The highest BCUT2D eigenvalue weighted by atomic mass is 16.5. The normalized spacial score (nSPS) is 10.0. The summed E-state index contributed by atoms with van der Waals surface area (Å²) in [6.45, 7) is -0.378. The van der Waals surface area contributed by atoms with Crippen molar-refractivity contribution < 1.29 is 28.5 Å². The van der Waals surface area contributed by atoms with Crippen molar-refractivity contribution in [1.82, 2.24) is 4.98 Å². The van der Waals surface area contributed by atoms with Gasteiger partial charge in [0, 0.05) is 18.3 Å². The Kier molecular flexibility index (Phi) is 5.24. The minimum atomic E-state index is -0.692. The van der Waals surface area contributed by atoms with Gasteiger partial charge in [0.05, 0.1) is 27.0 Å². The first-order valence-electron chi connectivity index (χ1n) is 6.74. The van der Waals surface area contributed by atoms with E-state index in [4.69, 9.17) is 18.9 Å². The number of nitrogens with one attached hydrogen (secondary N) is 1. The van der Waals surface area contributed by atoms with Gasteiger partial charge >= 0.3 is 5.97 Å². The molecule has 1 heterocycles. The topological polar surface area (TPSA) is 86.9 Å². The molecule has 0 atom stereocenters. The molecule has 1 aromatic carbocycles. The van der Waals surface area contributed by atoms with E-state index >= 15 is 0 Å². The third kappa shape index (κ3) is 3.63. The van der Waals surface area contributed by atoms with Crippen molar-refractivity contribution in [3.63, 3.8) is 0 Å². The highest BCUT2D eigenvalue weighted by molar-refractivity contribution is 5.99. The number of benzene rings is 1. The van der Waals surface area contributed by atoms with Crippen LogP contribution in [0.5, 0.6) is 17.2 Å². The van der Waals surface area contributed by atoms with Crippen molar-refractivity contribution in [2.24, 2.45) is 0 Å². The van der Waals surface area contributed by atoms with E-state index in [9.17, 15) is 9.59 Å². The number of aromatic nitrogens is 1. The summed E-state index contributed by atoms with van der Waals surface area (Å²) in [6.07, 6.45) is 1.62. The lowest BCUT2D eigenvalue weighted by atomic mass is 10.1. The molecule has 0 unspecified atom stereocenters. The largest absolute Gasteiger partial charge is 0.496 e. The van der Waals surface area contributed by atoms with E-state index in [1.807, 2.05) is 0 Å². The van der Waals surface area contributed by atoms with Crippen LogP contribution in [-0.2, 0) is 4.74 Å². The molecule has 7 heteroatoms. The summed E-state index contributed by atoms with van der Waals surface area (Å²) in [5, 5.41) is 0. The molecular weight excluding hydrogens is 302 g/mol. The lowest BCUT2D eigenvalue weighted by Gasteiger charge is -2.13. The van der Waals surface area contributed by atoms with Crippen LogP contribution in [0, 0.1) is 0 Å². The minimum Gasteiger partial charge on any atom is -0.496 e. The molecule has 2 rings (SSSR count). The maximum Gasteiger partial charge on any atom is 0.342 e. The Hall–Kier alpha value is -2.96. The highest BCUT2D eigenvalue weighted by Gasteiger charge is 2.20. The fourth-order valence-electron chi connectivity index (χ4n) is 1.98. The average molecular weight is 319 g/mol. The number of carbonyl (C=O) groups is 2. The third-order valence-electron chi connectivity index (χ3n) is 3.16. The first kappa shape index (κ1) is 16.4. The van der Waals surface area contributed by atoms with Gasteiger partial charge in [-0.15, -0.1) is 0 Å². The number of hydrogen-bond acceptors (Lipinski definition) is 6. The van der Waals surface area contributed by atoms with Crippen LogP contribution in [0.2, 0.25) is 0 Å². The van der Waals surface area contributed by atoms with Gasteiger partial charge in [0.1, 0.15) is 11.3 Å². The highest BCUT2D eigenvalue weighted by Crippen LogP contribution is 2.34. The molecule has 0 aliphatic rings. The van der Waals surface area contributed by atoms with Crippen molar-refractivity contribution in [1.29, 1.82) is 0 Å². The smallest absolute Gasteiger partial charge is 0.342 e. The molecule has 1 N–H and O–H groups in total. The quantitative estimate of drug-likeness (QED) is 0.621. The van der Waals surface area contributed by atoms with Crippen LogP contribution in [-0.4, -0.2) is 44.7 Å². The summed E-state index contributed by atoms with van der Waals surface area (Å²) in [6, 6.07) is 6.25. The molecule has 122 valence electrons. The fraction of sp³-hybridized carbons (Fsp3) is 0.250. The van der Waals surface area contributed by atoms with E-state index in [1.54, 1.807) is 18.3 Å². The van der Waals surface area contributed by atoms with Gasteiger partial charge in [-0.05, 0) is 12.1 Å². The number of esters is 1. The second-order valence-corrected chi connectivity index (χ2v) is 4.49. The molecule has 0 saturated carbocycles. The number of ketones is 1. The van der Waals surface area contributed by atoms with Gasteiger partial charge in [-0.3, -0.25) is 4.79 Å². The molecule has 0 saturated heterocycles. The van der Waals surface area contributed by atoms with E-state index in [0.29, 0.717) is 17.2 Å². The van der Waals surface area contributed by atoms with Crippen LogP contribution < -0.4 is 14.2 Å². The van der Waals surface area contributed by atoms with Crippen LogP contribution >= 0.6 is 0 Å². The SMILES string of the molecule is COc1cc(OC)c(C(=O)OCC(=O)c2ccc[nH]2)cc1OC. The molecule has 1 aromatic heterocycles. The first-order valence-corrected chi connectivity index (χ1v) is 6.74. The lowest BCUT2D eigenvalue weighted by molar-refractivity contribution is 0.0470. The summed E-state index contributed by atoms with van der Waals surface area (Å²) in [4.78, 5) is 26.8. The van der Waals surface area contributed by atoms with E-state index in [2.05, 4.69) is 4.98 Å². The predicted octanol–water partition coefficient (Wildman–Crippen LogP) is 2.08. The zero-order chi connectivity index (χ0) is 16.8. The Balaban J connectivity index is 2.16. The third-order valence-corrected chi connectivity index (χ3v) is 3.16. The Bertz CT molecular complexity index is 693. The molecule has 0 bridgehead atoms. The number of Topliss-reactive ketones (excluding diaryl/α,β-unsaturated/α-hetero) is 1. The Morgan fingerprint density at radius 3 is 2.22 bits per heavy atom. The summed E-state index contributed by atoms with van der Waals surface area (Å²) >= 11 is 0. The van der Waals surface area contributed by atoms with Gasteiger partial charge in [0.25, 0.3) is 0 Å². The summed E-state index contributed by atoms with van der Waals surface area (Å²) in [5.41, 5.74) is 0.515. The van der Waals surface area contributed by atoms with Crippen molar-refractivity contribution >= 4 is 11.8 Å². The van der Waals surface area contributed by atoms with Gasteiger partial charge in [-0.25, -0.2) is 4.79 Å². The summed E-state index contributed by atoms with van der Waals surface area (Å²) < 4.78 is 20.5. The zero-order valence-corrected chi connectivity index (χ0v) is 13.0. The minimum absolute atomic E-state index is 0.143. The van der Waals surface area contributed by atoms with Crippen LogP contribution in [0.15, 0.2) is 30.5 Å². The molecule has 0 fully saturated rings. The van der Waals surface area contributed by atoms with Crippen LogP contribution in [0.4, 0.5) is 0 Å². The first-order chi connectivity index (χ1) is 11.1. The van der Waals surface area contributed by atoms with Gasteiger partial charge < -0.3 is 23.9 Å². The van der Waals surface area contributed by atoms with Gasteiger partial charge in [0.15, 0.2) is 18.1 Å². The molecule has 0 aliphatic heterocycles. The van der Waals surface area contributed by atoms with E-state index in [1.165, 1.54) is 33.5 Å². The average Bonchev–Trinajstić information content (AvgIpc) is 3.12. The molecule has 0 amide bonds. The standard InChI is InChI=1S/C16H17NO6/c1-20-13-8-15(22-3)14(21-2)7-10(13)16(19)23-9-12(18)11-5-4-6-17-11/h4-8,17H,9H2,1-3H3. The second kappa shape index (κ2) is 7.35. The number of hydrogen-bond donors (Lipinski definition) is 1. The van der Waals surface area contributed by atoms with Crippen molar-refractivity contribution in [3.05, 3.63) is 41.7 Å². The van der Waals surface area contributed by atoms with Crippen LogP contribution in [0.25, 0.3) is 0 Å². The fourth-order valence-corrected chi connectivity index (χ4v) is 1.98. The molecule has 2 aromatic rings. The van der Waals surface area contributed by atoms with Gasteiger partial charge in [-0.1, -0.05) is 0 Å². The van der Waals surface area contributed by atoms with E-state index in [0.717, 1.165) is 0 Å². The Labute approximate surface area is 133 Å². The van der Waals surface area contributed by atoms with Crippen molar-refractivity contribution in [2.45, 2.75) is 0 Å². The number of ether oxygens (including phenoxy) is 4.